The number of carbonyl (C=O) groups is 3. The van der Waals surface area contributed by atoms with Crippen molar-refractivity contribution in [1.29, 1.82) is 5.26 Å². The second-order valence-corrected chi connectivity index (χ2v) is 9.54. The summed E-state index contributed by atoms with van der Waals surface area (Å²) in [6, 6.07) is 9.66. The molecule has 0 aromatic heterocycles. The minimum atomic E-state index is -4.52. The first-order chi connectivity index (χ1) is 17.4. The number of nitrogens with zero attached hydrogens (tertiary/aromatic N) is 4. The number of hydrogen-bond acceptors (Lipinski definition) is 4. The SMILES string of the molecule is CC(C)C(=O)N1CCC2(C1)C(=O)N(c1ccc(C#N)cc1F)CC(=O)N2Cc1ccc(C(F)(F)F)cc1. The maximum atomic E-state index is 14.9. The molecule has 11 heteroatoms. The van der Waals surface area contributed by atoms with Crippen molar-refractivity contribution in [2.45, 2.75) is 38.5 Å². The summed E-state index contributed by atoms with van der Waals surface area (Å²) in [6.07, 6.45) is -4.43. The minimum Gasteiger partial charge on any atom is -0.339 e. The lowest BCUT2D eigenvalue weighted by molar-refractivity contribution is -0.152. The second-order valence-electron chi connectivity index (χ2n) is 9.54. The zero-order valence-electron chi connectivity index (χ0n) is 20.2. The average Bonchev–Trinajstić information content (AvgIpc) is 3.29. The van der Waals surface area contributed by atoms with Crippen LogP contribution < -0.4 is 4.90 Å². The summed E-state index contributed by atoms with van der Waals surface area (Å²) in [5.41, 5.74) is -2.11. The van der Waals surface area contributed by atoms with Gasteiger partial charge in [0.25, 0.3) is 5.91 Å². The zero-order valence-corrected chi connectivity index (χ0v) is 20.2. The van der Waals surface area contributed by atoms with Crippen LogP contribution in [0.1, 0.15) is 37.0 Å². The maximum absolute atomic E-state index is 14.9. The van der Waals surface area contributed by atoms with Gasteiger partial charge in [0.2, 0.25) is 11.8 Å². The molecule has 2 fully saturated rings. The van der Waals surface area contributed by atoms with Crippen LogP contribution in [-0.4, -0.2) is 52.7 Å². The van der Waals surface area contributed by atoms with E-state index in [9.17, 15) is 31.9 Å². The third kappa shape index (κ3) is 4.75. The lowest BCUT2D eigenvalue weighted by Gasteiger charge is -2.47. The lowest BCUT2D eigenvalue weighted by Crippen LogP contribution is -2.69. The molecule has 2 saturated heterocycles. The Kier molecular flexibility index (Phi) is 6.71. The van der Waals surface area contributed by atoms with Crippen molar-refractivity contribution in [3.05, 3.63) is 65.0 Å². The molecule has 2 aromatic rings. The molecule has 1 unspecified atom stereocenters. The number of anilines is 1. The summed E-state index contributed by atoms with van der Waals surface area (Å²) in [5.74, 6) is -2.56. The number of hydrogen-bond donors (Lipinski definition) is 0. The van der Waals surface area contributed by atoms with E-state index in [1.807, 2.05) is 6.07 Å². The molecule has 1 atom stereocenters. The van der Waals surface area contributed by atoms with Gasteiger partial charge in [-0.15, -0.1) is 0 Å². The van der Waals surface area contributed by atoms with Gasteiger partial charge in [-0.3, -0.25) is 19.3 Å². The number of likely N-dealkylation sites (tertiary alicyclic amines) is 1. The molecule has 194 valence electrons. The number of amides is 3. The Hall–Kier alpha value is -3.94. The number of rotatable bonds is 4. The lowest BCUT2D eigenvalue weighted by atomic mass is 9.89. The molecule has 1 spiro atoms. The van der Waals surface area contributed by atoms with Gasteiger partial charge in [0.1, 0.15) is 17.9 Å². The number of piperazine rings is 1. The molecule has 7 nitrogen and oxygen atoms in total. The molecule has 0 N–H and O–H groups in total. The Morgan fingerprint density at radius 2 is 1.81 bits per heavy atom. The summed E-state index contributed by atoms with van der Waals surface area (Å²) in [5, 5.41) is 9.03. The molecule has 0 aliphatic carbocycles. The normalized spacial score (nSPS) is 20.2. The first-order valence-electron chi connectivity index (χ1n) is 11.6. The molecule has 2 aromatic carbocycles. The molecule has 0 bridgehead atoms. The van der Waals surface area contributed by atoms with Crippen LogP contribution in [0.3, 0.4) is 0 Å². The van der Waals surface area contributed by atoms with E-state index in [4.69, 9.17) is 5.26 Å². The van der Waals surface area contributed by atoms with Gasteiger partial charge in [-0.2, -0.15) is 18.4 Å². The molecule has 4 rings (SSSR count). The number of benzene rings is 2. The third-order valence-electron chi connectivity index (χ3n) is 6.80. The van der Waals surface area contributed by atoms with E-state index in [0.717, 1.165) is 23.1 Å². The van der Waals surface area contributed by atoms with E-state index in [2.05, 4.69) is 0 Å². The molecule has 0 saturated carbocycles. The van der Waals surface area contributed by atoms with Crippen LogP contribution in [0.5, 0.6) is 0 Å². The number of alkyl halides is 3. The predicted molar refractivity (Wildman–Crippen MR) is 124 cm³/mol. The standard InChI is InChI=1S/C26H24F4N4O3/c1-16(2)23(36)32-10-9-25(15-32)24(37)33(21-8-5-18(12-31)11-20(21)27)14-22(35)34(25)13-17-3-6-19(7-4-17)26(28,29)30/h3-8,11,16H,9-10,13-15H2,1-2H3. The number of carbonyl (C=O) groups excluding carboxylic acids is 3. The first kappa shape index (κ1) is 26.1. The van der Waals surface area contributed by atoms with Gasteiger partial charge in [0, 0.05) is 19.0 Å². The summed E-state index contributed by atoms with van der Waals surface area (Å²) < 4.78 is 53.9. The van der Waals surface area contributed by atoms with Crippen molar-refractivity contribution in [2.24, 2.45) is 5.92 Å². The van der Waals surface area contributed by atoms with Gasteiger partial charge in [-0.25, -0.2) is 4.39 Å². The Labute approximate surface area is 210 Å². The van der Waals surface area contributed by atoms with Crippen LogP contribution >= 0.6 is 0 Å². The molecule has 2 heterocycles. The van der Waals surface area contributed by atoms with Crippen molar-refractivity contribution in [1.82, 2.24) is 9.80 Å². The molecule has 3 amide bonds. The van der Waals surface area contributed by atoms with Gasteiger partial charge in [-0.1, -0.05) is 26.0 Å². The predicted octanol–water partition coefficient (Wildman–Crippen LogP) is 3.72. The molecule has 0 radical (unpaired) electrons. The molecular weight excluding hydrogens is 492 g/mol. The summed E-state index contributed by atoms with van der Waals surface area (Å²) in [4.78, 5) is 43.9. The van der Waals surface area contributed by atoms with Crippen molar-refractivity contribution < 1.29 is 31.9 Å². The van der Waals surface area contributed by atoms with Crippen molar-refractivity contribution in [3.8, 4) is 6.07 Å². The summed E-state index contributed by atoms with van der Waals surface area (Å²) in [7, 11) is 0. The molecule has 37 heavy (non-hydrogen) atoms. The van der Waals surface area contributed by atoms with Crippen molar-refractivity contribution >= 4 is 23.4 Å². The van der Waals surface area contributed by atoms with Crippen LogP contribution in [0.2, 0.25) is 0 Å². The summed E-state index contributed by atoms with van der Waals surface area (Å²) in [6.45, 7) is 2.82. The monoisotopic (exact) mass is 516 g/mol. The third-order valence-corrected chi connectivity index (χ3v) is 6.80. The Morgan fingerprint density at radius 3 is 2.38 bits per heavy atom. The molecular formula is C26H24F4N4O3. The summed E-state index contributed by atoms with van der Waals surface area (Å²) >= 11 is 0. The van der Waals surface area contributed by atoms with Crippen molar-refractivity contribution in [3.63, 3.8) is 0 Å². The fraction of sp³-hybridized carbons (Fsp3) is 0.385. The van der Waals surface area contributed by atoms with Crippen molar-refractivity contribution in [2.75, 3.05) is 24.5 Å². The van der Waals surface area contributed by atoms with E-state index in [0.29, 0.717) is 5.56 Å². The van der Waals surface area contributed by atoms with Crippen LogP contribution in [0, 0.1) is 23.1 Å². The van der Waals surface area contributed by atoms with E-state index < -0.39 is 41.5 Å². The highest BCUT2D eigenvalue weighted by atomic mass is 19.4. The van der Waals surface area contributed by atoms with E-state index in [1.54, 1.807) is 13.8 Å². The topological polar surface area (TPSA) is 84.7 Å². The minimum absolute atomic E-state index is 0.0465. The van der Waals surface area contributed by atoms with E-state index >= 15 is 0 Å². The van der Waals surface area contributed by atoms with E-state index in [-0.39, 0.29) is 49.1 Å². The maximum Gasteiger partial charge on any atom is 0.416 e. The van der Waals surface area contributed by atoms with Crippen LogP contribution in [0.15, 0.2) is 42.5 Å². The van der Waals surface area contributed by atoms with Gasteiger partial charge in [0.15, 0.2) is 0 Å². The van der Waals surface area contributed by atoms with Gasteiger partial charge < -0.3 is 9.80 Å². The average molecular weight is 516 g/mol. The van der Waals surface area contributed by atoms with Gasteiger partial charge >= 0.3 is 6.18 Å². The quantitative estimate of drug-likeness (QED) is 0.580. The highest BCUT2D eigenvalue weighted by Crippen LogP contribution is 2.38. The highest BCUT2D eigenvalue weighted by molar-refractivity contribution is 6.10. The van der Waals surface area contributed by atoms with Gasteiger partial charge in [0.05, 0.1) is 29.4 Å². The first-order valence-corrected chi connectivity index (χ1v) is 11.6. The fourth-order valence-electron chi connectivity index (χ4n) is 4.85. The molecule has 2 aliphatic rings. The number of halogens is 4. The van der Waals surface area contributed by atoms with Crippen LogP contribution in [0.4, 0.5) is 23.2 Å². The fourth-order valence-corrected chi connectivity index (χ4v) is 4.85. The van der Waals surface area contributed by atoms with E-state index in [1.165, 1.54) is 34.1 Å². The zero-order chi connectivity index (χ0) is 27.1. The Morgan fingerprint density at radius 1 is 1.14 bits per heavy atom. The highest BCUT2D eigenvalue weighted by Gasteiger charge is 2.57. The number of nitriles is 1. The Bertz CT molecular complexity index is 1290. The second kappa shape index (κ2) is 9.50. The molecule has 2 aliphatic heterocycles. The van der Waals surface area contributed by atoms with Crippen LogP contribution in [0.25, 0.3) is 0 Å². The Balaban J connectivity index is 1.72. The largest absolute Gasteiger partial charge is 0.416 e. The van der Waals surface area contributed by atoms with Crippen LogP contribution in [-0.2, 0) is 27.1 Å². The smallest absolute Gasteiger partial charge is 0.339 e. The van der Waals surface area contributed by atoms with Gasteiger partial charge in [-0.05, 0) is 42.3 Å².